The van der Waals surface area contributed by atoms with Crippen molar-refractivity contribution < 1.29 is 19.1 Å². The van der Waals surface area contributed by atoms with Crippen LogP contribution in [0.1, 0.15) is 70.2 Å². The van der Waals surface area contributed by atoms with Gasteiger partial charge in [0.15, 0.2) is 0 Å². The average molecular weight is 455 g/mol. The number of aromatic nitrogens is 3. The third-order valence-electron chi connectivity index (χ3n) is 6.74. The van der Waals surface area contributed by atoms with Crippen molar-refractivity contribution in [2.24, 2.45) is 11.3 Å². The normalized spacial score (nSPS) is 18.4. The van der Waals surface area contributed by atoms with Crippen molar-refractivity contribution in [1.29, 1.82) is 0 Å². The molecule has 4 rings (SSSR count). The molecule has 1 amide bonds. The van der Waals surface area contributed by atoms with Gasteiger partial charge in [0.05, 0.1) is 17.9 Å². The fourth-order valence-electron chi connectivity index (χ4n) is 4.97. The van der Waals surface area contributed by atoms with Crippen LogP contribution in [0.3, 0.4) is 0 Å². The van der Waals surface area contributed by atoms with E-state index in [-0.39, 0.29) is 29.8 Å². The standard InChI is InChI=1S/C25H34N4O4/c1-5-29-22-20(13-25(15-26-23(22)30)6-8-32-9-7-25)21(28-29)10-16(2)14-33-24(31)19-11-17(3)27-18(4)12-19/h11-12,16H,5-10,13-15H2,1-4H3,(H,26,30)/t16-/m1/s1. The minimum Gasteiger partial charge on any atom is -0.462 e. The van der Waals surface area contributed by atoms with Gasteiger partial charge in [-0.05, 0) is 69.9 Å². The SMILES string of the molecule is CCn1nc(C[C@@H](C)COC(=O)c2cc(C)nc(C)c2)c2c1C(=O)NCC1(CCOCC1)C2. The van der Waals surface area contributed by atoms with Crippen LogP contribution in [0.15, 0.2) is 12.1 Å². The van der Waals surface area contributed by atoms with E-state index in [9.17, 15) is 9.59 Å². The Bertz CT molecular complexity index is 1020. The molecule has 2 aromatic heterocycles. The van der Waals surface area contributed by atoms with Crippen molar-refractivity contribution in [2.45, 2.75) is 59.9 Å². The average Bonchev–Trinajstić information content (AvgIpc) is 3.05. The molecular weight excluding hydrogens is 420 g/mol. The molecule has 0 aromatic carbocycles. The van der Waals surface area contributed by atoms with Crippen LogP contribution in [0.2, 0.25) is 0 Å². The monoisotopic (exact) mass is 454 g/mol. The van der Waals surface area contributed by atoms with E-state index >= 15 is 0 Å². The van der Waals surface area contributed by atoms with Crippen molar-refractivity contribution in [2.75, 3.05) is 26.4 Å². The summed E-state index contributed by atoms with van der Waals surface area (Å²) in [6, 6.07) is 3.49. The Morgan fingerprint density at radius 2 is 1.97 bits per heavy atom. The quantitative estimate of drug-likeness (QED) is 0.674. The van der Waals surface area contributed by atoms with Gasteiger partial charge in [0.1, 0.15) is 5.69 Å². The van der Waals surface area contributed by atoms with Gasteiger partial charge in [-0.25, -0.2) is 4.79 Å². The van der Waals surface area contributed by atoms with E-state index in [1.165, 1.54) is 0 Å². The van der Waals surface area contributed by atoms with Crippen LogP contribution >= 0.6 is 0 Å². The summed E-state index contributed by atoms with van der Waals surface area (Å²) < 4.78 is 13.0. The Balaban J connectivity index is 1.50. The number of carbonyl (C=O) groups is 2. The molecule has 0 radical (unpaired) electrons. The second-order valence-corrected chi connectivity index (χ2v) is 9.61. The fourth-order valence-corrected chi connectivity index (χ4v) is 4.97. The molecule has 2 aromatic rings. The number of esters is 1. The number of amides is 1. The first-order chi connectivity index (χ1) is 15.8. The third-order valence-corrected chi connectivity index (χ3v) is 6.74. The molecule has 8 heteroatoms. The summed E-state index contributed by atoms with van der Waals surface area (Å²) in [6.45, 7) is 10.8. The highest BCUT2D eigenvalue weighted by atomic mass is 16.5. The number of hydrogen-bond acceptors (Lipinski definition) is 6. The maximum absolute atomic E-state index is 13.0. The van der Waals surface area contributed by atoms with Crippen molar-refractivity contribution in [3.05, 3.63) is 46.0 Å². The van der Waals surface area contributed by atoms with E-state index in [1.54, 1.807) is 12.1 Å². The van der Waals surface area contributed by atoms with Gasteiger partial charge in [-0.2, -0.15) is 5.10 Å². The Morgan fingerprint density at radius 1 is 1.27 bits per heavy atom. The summed E-state index contributed by atoms with van der Waals surface area (Å²) >= 11 is 0. The predicted octanol–water partition coefficient (Wildman–Crippen LogP) is 3.03. The predicted molar refractivity (Wildman–Crippen MR) is 123 cm³/mol. The van der Waals surface area contributed by atoms with Crippen molar-refractivity contribution >= 4 is 11.9 Å². The van der Waals surface area contributed by atoms with Gasteiger partial charge in [0.25, 0.3) is 5.91 Å². The minimum atomic E-state index is -0.339. The number of hydrogen-bond donors (Lipinski definition) is 1. The highest BCUT2D eigenvalue weighted by Gasteiger charge is 2.39. The highest BCUT2D eigenvalue weighted by molar-refractivity contribution is 5.94. The van der Waals surface area contributed by atoms with Gasteiger partial charge in [-0.3, -0.25) is 14.5 Å². The Labute approximate surface area is 195 Å². The molecule has 0 aliphatic carbocycles. The number of pyridine rings is 1. The molecule has 8 nitrogen and oxygen atoms in total. The second-order valence-electron chi connectivity index (χ2n) is 9.61. The molecule has 178 valence electrons. The van der Waals surface area contributed by atoms with Crippen LogP contribution in [-0.4, -0.2) is 53.0 Å². The molecule has 1 N–H and O–H groups in total. The minimum absolute atomic E-state index is 0.0162. The van der Waals surface area contributed by atoms with E-state index in [4.69, 9.17) is 14.6 Å². The number of ether oxygens (including phenoxy) is 2. The first kappa shape index (κ1) is 23.4. The maximum atomic E-state index is 13.0. The smallest absolute Gasteiger partial charge is 0.338 e. The molecular formula is C25H34N4O4. The van der Waals surface area contributed by atoms with Gasteiger partial charge >= 0.3 is 5.97 Å². The summed E-state index contributed by atoms with van der Waals surface area (Å²) in [7, 11) is 0. The Morgan fingerprint density at radius 3 is 2.64 bits per heavy atom. The van der Waals surface area contributed by atoms with Crippen molar-refractivity contribution in [1.82, 2.24) is 20.1 Å². The van der Waals surface area contributed by atoms with Crippen LogP contribution < -0.4 is 5.32 Å². The molecule has 2 aliphatic rings. The number of carbonyl (C=O) groups excluding carboxylic acids is 2. The van der Waals surface area contributed by atoms with Gasteiger partial charge in [0, 0.05) is 43.3 Å². The van der Waals surface area contributed by atoms with Gasteiger partial charge in [0.2, 0.25) is 0 Å². The molecule has 0 unspecified atom stereocenters. The number of rotatable bonds is 6. The van der Waals surface area contributed by atoms with Crippen molar-refractivity contribution in [3.8, 4) is 0 Å². The zero-order valence-corrected chi connectivity index (χ0v) is 20.1. The lowest BCUT2D eigenvalue weighted by molar-refractivity contribution is 0.0160. The molecule has 33 heavy (non-hydrogen) atoms. The lowest BCUT2D eigenvalue weighted by Crippen LogP contribution is -2.40. The molecule has 1 spiro atoms. The van der Waals surface area contributed by atoms with E-state index < -0.39 is 0 Å². The van der Waals surface area contributed by atoms with E-state index in [0.29, 0.717) is 30.8 Å². The molecule has 2 aliphatic heterocycles. The zero-order valence-electron chi connectivity index (χ0n) is 20.1. The summed E-state index contributed by atoms with van der Waals surface area (Å²) in [5.74, 6) is -0.315. The molecule has 1 fully saturated rings. The van der Waals surface area contributed by atoms with Crippen LogP contribution in [-0.2, 0) is 28.9 Å². The molecule has 0 bridgehead atoms. The summed E-state index contributed by atoms with van der Waals surface area (Å²) in [5.41, 5.74) is 4.80. The largest absolute Gasteiger partial charge is 0.462 e. The van der Waals surface area contributed by atoms with Crippen LogP contribution in [0.25, 0.3) is 0 Å². The number of nitrogens with zero attached hydrogens (tertiary/aromatic N) is 3. The molecule has 4 heterocycles. The number of fused-ring (bicyclic) bond motifs is 1. The van der Waals surface area contributed by atoms with E-state index in [0.717, 1.165) is 55.1 Å². The summed E-state index contributed by atoms with van der Waals surface area (Å²) in [5, 5.41) is 7.94. The first-order valence-corrected chi connectivity index (χ1v) is 11.9. The molecule has 1 saturated heterocycles. The molecule has 1 atom stereocenters. The topological polar surface area (TPSA) is 95.3 Å². The zero-order chi connectivity index (χ0) is 23.6. The Kier molecular flexibility index (Phi) is 6.83. The van der Waals surface area contributed by atoms with Crippen LogP contribution in [0.5, 0.6) is 0 Å². The summed E-state index contributed by atoms with van der Waals surface area (Å²) in [4.78, 5) is 29.8. The van der Waals surface area contributed by atoms with Crippen LogP contribution in [0, 0.1) is 25.2 Å². The van der Waals surface area contributed by atoms with E-state index in [2.05, 4.69) is 17.2 Å². The summed E-state index contributed by atoms with van der Waals surface area (Å²) in [6.07, 6.45) is 3.33. The van der Waals surface area contributed by atoms with Crippen molar-refractivity contribution in [3.63, 3.8) is 0 Å². The van der Waals surface area contributed by atoms with Gasteiger partial charge < -0.3 is 14.8 Å². The Hall–Kier alpha value is -2.74. The molecule has 0 saturated carbocycles. The number of nitrogens with one attached hydrogen (secondary N) is 1. The fraction of sp³-hybridized carbons (Fsp3) is 0.600. The van der Waals surface area contributed by atoms with Crippen LogP contribution in [0.4, 0.5) is 0 Å². The van der Waals surface area contributed by atoms with Gasteiger partial charge in [-0.1, -0.05) is 6.92 Å². The number of aryl methyl sites for hydroxylation is 3. The highest BCUT2D eigenvalue weighted by Crippen LogP contribution is 2.38. The van der Waals surface area contributed by atoms with E-state index in [1.807, 2.05) is 25.5 Å². The second kappa shape index (κ2) is 9.63. The third kappa shape index (κ3) is 5.11. The van der Waals surface area contributed by atoms with Gasteiger partial charge in [-0.15, -0.1) is 0 Å². The lowest BCUT2D eigenvalue weighted by Gasteiger charge is -2.36. The first-order valence-electron chi connectivity index (χ1n) is 11.9. The maximum Gasteiger partial charge on any atom is 0.338 e. The lowest BCUT2D eigenvalue weighted by atomic mass is 9.75.